The van der Waals surface area contributed by atoms with E-state index in [-0.39, 0.29) is 5.69 Å². The lowest BCUT2D eigenvalue weighted by molar-refractivity contribution is 0.100. The highest BCUT2D eigenvalue weighted by Crippen LogP contribution is 2.30. The third-order valence-corrected chi connectivity index (χ3v) is 4.06. The van der Waals surface area contributed by atoms with Crippen LogP contribution in [0.1, 0.15) is 29.9 Å². The van der Waals surface area contributed by atoms with Gasteiger partial charge in [-0.05, 0) is 43.2 Å². The average Bonchev–Trinajstić information content (AvgIpc) is 2.63. The summed E-state index contributed by atoms with van der Waals surface area (Å²) in [5.41, 5.74) is 2.31. The monoisotopic (exact) mass is 364 g/mol. The number of hydrogen-bond acceptors (Lipinski definition) is 5. The Morgan fingerprint density at radius 1 is 1.22 bits per heavy atom. The first-order chi connectivity index (χ1) is 12.9. The SMILES string of the molecule is CCOc1cc(C)cc(-c2ccccc2-n2cc(O)c(=O)c(C(C)=O)n2)c1. The van der Waals surface area contributed by atoms with Crippen molar-refractivity contribution in [3.8, 4) is 28.3 Å². The van der Waals surface area contributed by atoms with E-state index < -0.39 is 17.0 Å². The molecule has 1 heterocycles. The first-order valence-corrected chi connectivity index (χ1v) is 8.59. The number of ketones is 1. The van der Waals surface area contributed by atoms with E-state index in [9.17, 15) is 14.7 Å². The summed E-state index contributed by atoms with van der Waals surface area (Å²) in [5, 5.41) is 14.1. The quantitative estimate of drug-likeness (QED) is 0.701. The molecule has 1 N–H and O–H groups in total. The molecule has 0 radical (unpaired) electrons. The normalized spacial score (nSPS) is 10.6. The number of nitrogens with zero attached hydrogens (tertiary/aromatic N) is 2. The molecule has 3 aromatic rings. The Hall–Kier alpha value is -3.41. The fraction of sp³-hybridized carbons (Fsp3) is 0.190. The number of hydrogen-bond donors (Lipinski definition) is 1. The second-order valence-electron chi connectivity index (χ2n) is 6.18. The Bertz CT molecular complexity index is 1070. The molecule has 0 fully saturated rings. The first kappa shape index (κ1) is 18.4. The van der Waals surface area contributed by atoms with E-state index in [1.165, 1.54) is 17.8 Å². The van der Waals surface area contributed by atoms with Gasteiger partial charge in [0.05, 0.1) is 18.5 Å². The standard InChI is InChI=1S/C21H20N2O4/c1-4-27-16-10-13(2)9-15(11-16)17-7-5-6-8-18(17)23-12-19(25)21(26)20(22-23)14(3)24/h5-12,25H,4H2,1-3H3. The number of ether oxygens (including phenoxy) is 1. The van der Waals surface area contributed by atoms with E-state index in [0.29, 0.717) is 12.3 Å². The summed E-state index contributed by atoms with van der Waals surface area (Å²) < 4.78 is 6.98. The highest BCUT2D eigenvalue weighted by atomic mass is 16.5. The van der Waals surface area contributed by atoms with Crippen LogP contribution in [-0.2, 0) is 0 Å². The van der Waals surface area contributed by atoms with Crippen LogP contribution >= 0.6 is 0 Å². The molecule has 0 spiro atoms. The number of carbonyl (C=O) groups excluding carboxylic acids is 1. The van der Waals surface area contributed by atoms with Crippen molar-refractivity contribution in [2.45, 2.75) is 20.8 Å². The van der Waals surface area contributed by atoms with Crippen molar-refractivity contribution < 1.29 is 14.6 Å². The number of Topliss-reactive ketones (excluding diaryl/α,β-unsaturated/α-hetero) is 1. The lowest BCUT2D eigenvalue weighted by atomic mass is 10.0. The number of para-hydroxylation sites is 1. The minimum Gasteiger partial charge on any atom is -0.503 e. The van der Waals surface area contributed by atoms with Gasteiger partial charge in [-0.25, -0.2) is 4.68 Å². The molecule has 138 valence electrons. The van der Waals surface area contributed by atoms with E-state index in [1.807, 2.05) is 50.2 Å². The first-order valence-electron chi connectivity index (χ1n) is 8.59. The van der Waals surface area contributed by atoms with Crippen molar-refractivity contribution in [2.75, 3.05) is 6.61 Å². The average molecular weight is 364 g/mol. The molecule has 0 saturated heterocycles. The summed E-state index contributed by atoms with van der Waals surface area (Å²) in [6, 6.07) is 13.3. The summed E-state index contributed by atoms with van der Waals surface area (Å²) in [4.78, 5) is 23.7. The molecule has 0 aliphatic rings. The van der Waals surface area contributed by atoms with Crippen molar-refractivity contribution in [3.63, 3.8) is 0 Å². The van der Waals surface area contributed by atoms with Crippen LogP contribution in [0.15, 0.2) is 53.5 Å². The second kappa shape index (κ2) is 7.45. The molecule has 0 aliphatic heterocycles. The van der Waals surface area contributed by atoms with Crippen molar-refractivity contribution in [2.24, 2.45) is 0 Å². The molecule has 0 aliphatic carbocycles. The van der Waals surface area contributed by atoms with E-state index in [0.717, 1.165) is 22.4 Å². The number of rotatable bonds is 5. The Morgan fingerprint density at radius 2 is 1.96 bits per heavy atom. The molecule has 0 bridgehead atoms. The van der Waals surface area contributed by atoms with Crippen LogP contribution in [0.2, 0.25) is 0 Å². The van der Waals surface area contributed by atoms with Gasteiger partial charge in [0.15, 0.2) is 17.2 Å². The summed E-state index contributed by atoms with van der Waals surface area (Å²) in [5.74, 6) is -0.275. The van der Waals surface area contributed by atoms with Crippen LogP contribution in [0, 0.1) is 6.92 Å². The van der Waals surface area contributed by atoms with Gasteiger partial charge in [0, 0.05) is 12.5 Å². The summed E-state index contributed by atoms with van der Waals surface area (Å²) in [6.45, 7) is 5.70. The third-order valence-electron chi connectivity index (χ3n) is 4.06. The molecule has 2 aromatic carbocycles. The molecule has 0 saturated carbocycles. The zero-order chi connectivity index (χ0) is 19.6. The maximum atomic E-state index is 11.9. The Labute approximate surface area is 156 Å². The van der Waals surface area contributed by atoms with Gasteiger partial charge in [-0.15, -0.1) is 0 Å². The van der Waals surface area contributed by atoms with Crippen molar-refractivity contribution in [1.82, 2.24) is 9.78 Å². The largest absolute Gasteiger partial charge is 0.503 e. The molecule has 6 heteroatoms. The molecule has 6 nitrogen and oxygen atoms in total. The van der Waals surface area contributed by atoms with Crippen molar-refractivity contribution in [3.05, 3.63) is 70.1 Å². The van der Waals surface area contributed by atoms with Gasteiger partial charge in [-0.1, -0.05) is 24.3 Å². The predicted molar refractivity (Wildman–Crippen MR) is 103 cm³/mol. The third kappa shape index (κ3) is 3.74. The van der Waals surface area contributed by atoms with E-state index in [2.05, 4.69) is 5.10 Å². The topological polar surface area (TPSA) is 81.4 Å². The van der Waals surface area contributed by atoms with Crippen molar-refractivity contribution >= 4 is 5.78 Å². The zero-order valence-corrected chi connectivity index (χ0v) is 15.4. The zero-order valence-electron chi connectivity index (χ0n) is 15.4. The second-order valence-corrected chi connectivity index (χ2v) is 6.18. The Kier molecular flexibility index (Phi) is 5.07. The predicted octanol–water partition coefficient (Wildman–Crippen LogP) is 3.51. The number of carbonyl (C=O) groups is 1. The molecule has 0 amide bonds. The van der Waals surface area contributed by atoms with Crippen molar-refractivity contribution in [1.29, 1.82) is 0 Å². The summed E-state index contributed by atoms with van der Waals surface area (Å²) >= 11 is 0. The van der Waals surface area contributed by atoms with Gasteiger partial charge in [0.25, 0.3) is 5.43 Å². The van der Waals surface area contributed by atoms with Crippen LogP contribution in [-0.4, -0.2) is 27.3 Å². The van der Waals surface area contributed by atoms with Crippen LogP contribution in [0.4, 0.5) is 0 Å². The number of aromatic nitrogens is 2. The fourth-order valence-electron chi connectivity index (χ4n) is 2.90. The summed E-state index contributed by atoms with van der Waals surface area (Å²) in [7, 11) is 0. The highest BCUT2D eigenvalue weighted by Gasteiger charge is 2.16. The maximum absolute atomic E-state index is 11.9. The van der Waals surface area contributed by atoms with Crippen LogP contribution in [0.5, 0.6) is 11.5 Å². The molecule has 27 heavy (non-hydrogen) atoms. The number of benzene rings is 2. The van der Waals surface area contributed by atoms with Gasteiger partial charge >= 0.3 is 0 Å². The van der Waals surface area contributed by atoms with Gasteiger partial charge in [0.2, 0.25) is 0 Å². The minimum absolute atomic E-state index is 0.302. The van der Waals surface area contributed by atoms with E-state index in [1.54, 1.807) is 6.07 Å². The molecule has 1 aromatic heterocycles. The molecule has 3 rings (SSSR count). The fourth-order valence-corrected chi connectivity index (χ4v) is 2.90. The number of aromatic hydroxyl groups is 1. The van der Waals surface area contributed by atoms with Crippen LogP contribution in [0.3, 0.4) is 0 Å². The molecule has 0 atom stereocenters. The highest BCUT2D eigenvalue weighted by molar-refractivity contribution is 5.92. The lowest BCUT2D eigenvalue weighted by Gasteiger charge is -2.14. The molecular weight excluding hydrogens is 344 g/mol. The minimum atomic E-state index is -0.773. The maximum Gasteiger partial charge on any atom is 0.252 e. The Balaban J connectivity index is 2.22. The van der Waals surface area contributed by atoms with Crippen LogP contribution < -0.4 is 10.2 Å². The van der Waals surface area contributed by atoms with E-state index >= 15 is 0 Å². The lowest BCUT2D eigenvalue weighted by Crippen LogP contribution is -2.20. The number of aryl methyl sites for hydroxylation is 1. The Morgan fingerprint density at radius 3 is 2.67 bits per heavy atom. The van der Waals surface area contributed by atoms with Crippen LogP contribution in [0.25, 0.3) is 16.8 Å². The van der Waals surface area contributed by atoms with Gasteiger partial charge < -0.3 is 9.84 Å². The molecular formula is C21H20N2O4. The van der Waals surface area contributed by atoms with Gasteiger partial charge in [-0.2, -0.15) is 5.10 Å². The summed E-state index contributed by atoms with van der Waals surface area (Å²) in [6.07, 6.45) is 1.22. The molecule has 0 unspecified atom stereocenters. The van der Waals surface area contributed by atoms with Gasteiger partial charge in [-0.3, -0.25) is 9.59 Å². The van der Waals surface area contributed by atoms with E-state index in [4.69, 9.17) is 4.74 Å². The smallest absolute Gasteiger partial charge is 0.252 e. The van der Waals surface area contributed by atoms with Gasteiger partial charge in [0.1, 0.15) is 5.75 Å².